The summed E-state index contributed by atoms with van der Waals surface area (Å²) in [4.78, 5) is 11.9. The summed E-state index contributed by atoms with van der Waals surface area (Å²) in [5, 5.41) is 14.4. The van der Waals surface area contributed by atoms with Gasteiger partial charge in [-0.2, -0.15) is 13.2 Å². The average Bonchev–Trinajstić information content (AvgIpc) is 2.94. The van der Waals surface area contributed by atoms with Crippen molar-refractivity contribution in [3.05, 3.63) is 47.5 Å². The van der Waals surface area contributed by atoms with E-state index in [9.17, 15) is 18.0 Å². The van der Waals surface area contributed by atoms with Crippen molar-refractivity contribution in [1.82, 2.24) is 10.6 Å². The lowest BCUT2D eigenvalue weighted by atomic mass is 10.1. The smallest absolute Gasteiger partial charge is 0.396 e. The Labute approximate surface area is 132 Å². The molecular formula is C16H19F3N2O2. The number of aliphatic hydroxyl groups is 1. The van der Waals surface area contributed by atoms with Gasteiger partial charge < -0.3 is 15.7 Å². The minimum Gasteiger partial charge on any atom is -0.396 e. The number of hydrogen-bond donors (Lipinski definition) is 3. The number of halogens is 3. The molecule has 1 aliphatic carbocycles. The van der Waals surface area contributed by atoms with Crippen LogP contribution in [0.4, 0.5) is 18.0 Å². The fraction of sp³-hybridized carbons (Fsp3) is 0.438. The van der Waals surface area contributed by atoms with Crippen molar-refractivity contribution in [1.29, 1.82) is 0 Å². The zero-order valence-corrected chi connectivity index (χ0v) is 12.6. The fourth-order valence-corrected chi connectivity index (χ4v) is 2.49. The largest absolute Gasteiger partial charge is 0.416 e. The summed E-state index contributed by atoms with van der Waals surface area (Å²) < 4.78 is 38.1. The van der Waals surface area contributed by atoms with Crippen molar-refractivity contribution in [2.75, 3.05) is 6.61 Å². The second-order valence-corrected chi connectivity index (χ2v) is 5.63. The van der Waals surface area contributed by atoms with Crippen molar-refractivity contribution >= 4 is 6.03 Å². The molecule has 126 valence electrons. The Kier molecular flexibility index (Phi) is 5.30. The van der Waals surface area contributed by atoms with Crippen LogP contribution in [0.1, 0.15) is 30.5 Å². The van der Waals surface area contributed by atoms with E-state index in [1.165, 1.54) is 12.1 Å². The molecule has 0 aliphatic heterocycles. The van der Waals surface area contributed by atoms with Gasteiger partial charge in [-0.3, -0.25) is 0 Å². The predicted molar refractivity (Wildman–Crippen MR) is 79.6 cm³/mol. The van der Waals surface area contributed by atoms with Crippen LogP contribution in [0.15, 0.2) is 36.4 Å². The standard InChI is InChI=1S/C16H19F3N2O2/c1-10(12-3-2-4-13(8-12)16(17,18)19)20-15(23)21-14-6-5-11(7-14)9-22/h2-6,8,10-11,14,22H,7,9H2,1H3,(H2,20,21,23)/t10?,11-,14+/m0/s1. The van der Waals surface area contributed by atoms with Gasteiger partial charge in [0.25, 0.3) is 0 Å². The van der Waals surface area contributed by atoms with Crippen LogP contribution in [0.25, 0.3) is 0 Å². The van der Waals surface area contributed by atoms with Crippen LogP contribution in [0.5, 0.6) is 0 Å². The number of urea groups is 1. The van der Waals surface area contributed by atoms with E-state index in [-0.39, 0.29) is 18.6 Å². The third-order valence-corrected chi connectivity index (χ3v) is 3.78. The molecular weight excluding hydrogens is 309 g/mol. The van der Waals surface area contributed by atoms with Crippen LogP contribution in [0.2, 0.25) is 0 Å². The maximum Gasteiger partial charge on any atom is 0.416 e. The second kappa shape index (κ2) is 7.04. The number of carbonyl (C=O) groups is 1. The summed E-state index contributed by atoms with van der Waals surface area (Å²) in [5.74, 6) is 0.0289. The zero-order chi connectivity index (χ0) is 17.0. The highest BCUT2D eigenvalue weighted by Crippen LogP contribution is 2.30. The predicted octanol–water partition coefficient (Wildman–Crippen LogP) is 3.00. The quantitative estimate of drug-likeness (QED) is 0.744. The van der Waals surface area contributed by atoms with Crippen molar-refractivity contribution in [3.63, 3.8) is 0 Å². The van der Waals surface area contributed by atoms with Crippen LogP contribution in [-0.4, -0.2) is 23.8 Å². The van der Waals surface area contributed by atoms with Gasteiger partial charge in [0, 0.05) is 18.6 Å². The topological polar surface area (TPSA) is 61.4 Å². The number of amides is 2. The van der Waals surface area contributed by atoms with Crippen LogP contribution in [0, 0.1) is 5.92 Å². The van der Waals surface area contributed by atoms with Crippen LogP contribution >= 0.6 is 0 Å². The summed E-state index contributed by atoms with van der Waals surface area (Å²) in [6, 6.07) is 3.69. The molecule has 0 bridgehead atoms. The van der Waals surface area contributed by atoms with Crippen molar-refractivity contribution in [2.45, 2.75) is 31.6 Å². The molecule has 2 amide bonds. The van der Waals surface area contributed by atoms with Crippen molar-refractivity contribution in [3.8, 4) is 0 Å². The number of aliphatic hydroxyl groups excluding tert-OH is 1. The van der Waals surface area contributed by atoms with Crippen LogP contribution in [-0.2, 0) is 6.18 Å². The van der Waals surface area contributed by atoms with Gasteiger partial charge in [0.05, 0.1) is 11.6 Å². The van der Waals surface area contributed by atoms with Gasteiger partial charge in [-0.1, -0.05) is 24.3 Å². The highest BCUT2D eigenvalue weighted by atomic mass is 19.4. The molecule has 1 aliphatic rings. The van der Waals surface area contributed by atoms with Gasteiger partial charge in [-0.15, -0.1) is 0 Å². The van der Waals surface area contributed by atoms with E-state index in [1.54, 1.807) is 13.0 Å². The Morgan fingerprint density at radius 1 is 1.39 bits per heavy atom. The first kappa shape index (κ1) is 17.3. The Hall–Kier alpha value is -2.02. The number of alkyl halides is 3. The zero-order valence-electron chi connectivity index (χ0n) is 12.6. The van der Waals surface area contributed by atoms with Gasteiger partial charge in [0.2, 0.25) is 0 Å². The molecule has 7 heteroatoms. The number of nitrogens with one attached hydrogen (secondary N) is 2. The van der Waals surface area contributed by atoms with E-state index < -0.39 is 23.8 Å². The molecule has 0 saturated carbocycles. The lowest BCUT2D eigenvalue weighted by Gasteiger charge is -2.19. The summed E-state index contributed by atoms with van der Waals surface area (Å²) >= 11 is 0. The Morgan fingerprint density at radius 3 is 2.74 bits per heavy atom. The number of rotatable bonds is 4. The summed E-state index contributed by atoms with van der Waals surface area (Å²) in [5.41, 5.74) is -0.362. The molecule has 0 radical (unpaired) electrons. The molecule has 1 aromatic carbocycles. The molecule has 2 rings (SSSR count). The molecule has 1 unspecified atom stereocenters. The second-order valence-electron chi connectivity index (χ2n) is 5.63. The summed E-state index contributed by atoms with van der Waals surface area (Å²) in [6.45, 7) is 1.65. The van der Waals surface area contributed by atoms with E-state index >= 15 is 0 Å². The molecule has 0 fully saturated rings. The van der Waals surface area contributed by atoms with Crippen LogP contribution < -0.4 is 10.6 Å². The fourth-order valence-electron chi connectivity index (χ4n) is 2.49. The first-order valence-electron chi connectivity index (χ1n) is 7.33. The molecule has 1 aromatic rings. The molecule has 4 nitrogen and oxygen atoms in total. The van der Waals surface area contributed by atoms with E-state index in [0.717, 1.165) is 12.1 Å². The van der Waals surface area contributed by atoms with Gasteiger partial charge in [-0.25, -0.2) is 4.79 Å². The van der Waals surface area contributed by atoms with Crippen LogP contribution in [0.3, 0.4) is 0 Å². The minimum absolute atomic E-state index is 0.0247. The first-order chi connectivity index (χ1) is 10.8. The molecule has 3 atom stereocenters. The Morgan fingerprint density at radius 2 is 2.13 bits per heavy atom. The SMILES string of the molecule is CC(NC(=O)N[C@@H]1C=C[C@H](CO)C1)c1cccc(C(F)(F)F)c1. The number of hydrogen-bond acceptors (Lipinski definition) is 2. The Bertz CT molecular complexity index is 587. The molecule has 0 spiro atoms. The van der Waals surface area contributed by atoms with Gasteiger partial charge in [-0.05, 0) is 31.0 Å². The lowest BCUT2D eigenvalue weighted by molar-refractivity contribution is -0.137. The summed E-state index contributed by atoms with van der Waals surface area (Å²) in [6.07, 6.45) is -0.162. The number of carbonyl (C=O) groups excluding carboxylic acids is 1. The maximum absolute atomic E-state index is 12.7. The van der Waals surface area contributed by atoms with Gasteiger partial charge in [0.1, 0.15) is 0 Å². The van der Waals surface area contributed by atoms with Gasteiger partial charge >= 0.3 is 12.2 Å². The molecule has 0 saturated heterocycles. The van der Waals surface area contributed by atoms with E-state index in [1.807, 2.05) is 6.08 Å². The first-order valence-corrected chi connectivity index (χ1v) is 7.33. The van der Waals surface area contributed by atoms with E-state index in [2.05, 4.69) is 10.6 Å². The highest BCUT2D eigenvalue weighted by Gasteiger charge is 2.30. The van der Waals surface area contributed by atoms with E-state index in [4.69, 9.17) is 5.11 Å². The summed E-state index contributed by atoms with van der Waals surface area (Å²) in [7, 11) is 0. The number of benzene rings is 1. The molecule has 3 N–H and O–H groups in total. The third-order valence-electron chi connectivity index (χ3n) is 3.78. The third kappa shape index (κ3) is 4.72. The van der Waals surface area contributed by atoms with Gasteiger partial charge in [0.15, 0.2) is 0 Å². The minimum atomic E-state index is -4.41. The molecule has 0 heterocycles. The lowest BCUT2D eigenvalue weighted by Crippen LogP contribution is -2.41. The monoisotopic (exact) mass is 328 g/mol. The maximum atomic E-state index is 12.7. The normalized spacial score (nSPS) is 22.0. The van der Waals surface area contributed by atoms with Crippen molar-refractivity contribution in [2.24, 2.45) is 5.92 Å². The Balaban J connectivity index is 1.93. The average molecular weight is 328 g/mol. The highest BCUT2D eigenvalue weighted by molar-refractivity contribution is 5.75. The molecule has 0 aromatic heterocycles. The molecule has 23 heavy (non-hydrogen) atoms. The van der Waals surface area contributed by atoms with Crippen molar-refractivity contribution < 1.29 is 23.1 Å². The van der Waals surface area contributed by atoms with E-state index in [0.29, 0.717) is 12.0 Å².